The third kappa shape index (κ3) is 4.85. The largest absolute Gasteiger partial charge is 0.452 e. The van der Waals surface area contributed by atoms with E-state index in [-0.39, 0.29) is 11.7 Å². The molecule has 0 aliphatic carbocycles. The number of amides is 2. The third-order valence-electron chi connectivity index (χ3n) is 3.73. The van der Waals surface area contributed by atoms with Crippen LogP contribution in [0, 0.1) is 0 Å². The fourth-order valence-corrected chi connectivity index (χ4v) is 2.37. The van der Waals surface area contributed by atoms with Crippen molar-refractivity contribution in [3.63, 3.8) is 0 Å². The number of nitrogens with one attached hydrogen (secondary N) is 2. The smallest absolute Gasteiger partial charge is 0.374 e. The van der Waals surface area contributed by atoms with Crippen molar-refractivity contribution in [1.29, 1.82) is 0 Å². The zero-order chi connectivity index (χ0) is 19.9. The molecular formula is C19H18N4O5. The molecular weight excluding hydrogens is 364 g/mol. The molecule has 28 heavy (non-hydrogen) atoms. The SMILES string of the molecule is CNC(=O)c1ccc(NC(=O)COC(=O)c2ccc(Cn3cccn3)o2)cc1. The van der Waals surface area contributed by atoms with Crippen LogP contribution in [0.1, 0.15) is 26.7 Å². The van der Waals surface area contributed by atoms with Crippen molar-refractivity contribution in [3.8, 4) is 0 Å². The van der Waals surface area contributed by atoms with Crippen molar-refractivity contribution in [2.75, 3.05) is 19.0 Å². The van der Waals surface area contributed by atoms with Gasteiger partial charge in [0.15, 0.2) is 6.61 Å². The van der Waals surface area contributed by atoms with Gasteiger partial charge in [-0.05, 0) is 42.5 Å². The molecule has 2 aromatic heterocycles. The second kappa shape index (κ2) is 8.67. The van der Waals surface area contributed by atoms with Gasteiger partial charge in [-0.25, -0.2) is 4.79 Å². The molecule has 0 radical (unpaired) electrons. The van der Waals surface area contributed by atoms with Gasteiger partial charge in [0.05, 0.1) is 6.54 Å². The van der Waals surface area contributed by atoms with E-state index in [9.17, 15) is 14.4 Å². The molecule has 2 N–H and O–H groups in total. The molecule has 3 rings (SSSR count). The number of furan rings is 1. The fraction of sp³-hybridized carbons (Fsp3) is 0.158. The van der Waals surface area contributed by atoms with Crippen LogP contribution in [0.5, 0.6) is 0 Å². The molecule has 1 aromatic carbocycles. The summed E-state index contributed by atoms with van der Waals surface area (Å²) in [6.07, 6.45) is 3.41. The molecule has 0 bridgehead atoms. The van der Waals surface area contributed by atoms with Gasteiger partial charge in [-0.2, -0.15) is 5.10 Å². The number of ether oxygens (including phenoxy) is 1. The number of aromatic nitrogens is 2. The van der Waals surface area contributed by atoms with Crippen LogP contribution in [0.25, 0.3) is 0 Å². The summed E-state index contributed by atoms with van der Waals surface area (Å²) in [5.74, 6) is -0.931. The number of carbonyl (C=O) groups excluding carboxylic acids is 3. The Hall–Kier alpha value is -3.88. The number of benzene rings is 1. The first-order valence-electron chi connectivity index (χ1n) is 8.40. The van der Waals surface area contributed by atoms with Crippen LogP contribution >= 0.6 is 0 Å². The molecule has 0 aliphatic rings. The maximum atomic E-state index is 12.0. The summed E-state index contributed by atoms with van der Waals surface area (Å²) in [4.78, 5) is 35.4. The Morgan fingerprint density at radius 2 is 1.93 bits per heavy atom. The predicted molar refractivity (Wildman–Crippen MR) is 98.8 cm³/mol. The first-order chi connectivity index (χ1) is 13.5. The van der Waals surface area contributed by atoms with Crippen molar-refractivity contribution >= 4 is 23.5 Å². The van der Waals surface area contributed by atoms with E-state index in [2.05, 4.69) is 15.7 Å². The maximum Gasteiger partial charge on any atom is 0.374 e. The molecule has 0 saturated heterocycles. The summed E-state index contributed by atoms with van der Waals surface area (Å²) in [5.41, 5.74) is 0.948. The summed E-state index contributed by atoms with van der Waals surface area (Å²) in [6, 6.07) is 11.2. The van der Waals surface area contributed by atoms with E-state index in [0.717, 1.165) is 0 Å². The highest BCUT2D eigenvalue weighted by Gasteiger charge is 2.15. The lowest BCUT2D eigenvalue weighted by molar-refractivity contribution is -0.119. The van der Waals surface area contributed by atoms with Gasteiger partial charge in [0, 0.05) is 30.7 Å². The maximum absolute atomic E-state index is 12.0. The van der Waals surface area contributed by atoms with Crippen molar-refractivity contribution in [3.05, 3.63) is 71.9 Å². The highest BCUT2D eigenvalue weighted by Crippen LogP contribution is 2.12. The first kappa shape index (κ1) is 18.9. The van der Waals surface area contributed by atoms with Crippen LogP contribution in [0.15, 0.2) is 59.3 Å². The van der Waals surface area contributed by atoms with Crippen LogP contribution in [0.4, 0.5) is 5.69 Å². The Kier molecular flexibility index (Phi) is 5.85. The van der Waals surface area contributed by atoms with Crippen LogP contribution in [-0.4, -0.2) is 41.2 Å². The lowest BCUT2D eigenvalue weighted by Gasteiger charge is -2.06. The van der Waals surface area contributed by atoms with Crippen molar-refractivity contribution in [1.82, 2.24) is 15.1 Å². The summed E-state index contributed by atoms with van der Waals surface area (Å²) >= 11 is 0. The summed E-state index contributed by atoms with van der Waals surface area (Å²) < 4.78 is 12.0. The molecule has 144 valence electrons. The number of anilines is 1. The van der Waals surface area contributed by atoms with Gasteiger partial charge >= 0.3 is 5.97 Å². The Bertz CT molecular complexity index is 961. The topological polar surface area (TPSA) is 115 Å². The van der Waals surface area contributed by atoms with E-state index in [0.29, 0.717) is 23.6 Å². The lowest BCUT2D eigenvalue weighted by Crippen LogP contribution is -2.21. The van der Waals surface area contributed by atoms with E-state index < -0.39 is 18.5 Å². The molecule has 9 heteroatoms. The van der Waals surface area contributed by atoms with Gasteiger partial charge in [0.1, 0.15) is 5.76 Å². The summed E-state index contributed by atoms with van der Waals surface area (Å²) in [7, 11) is 1.53. The second-order valence-electron chi connectivity index (χ2n) is 5.75. The number of hydrogen-bond acceptors (Lipinski definition) is 6. The Labute approximate surface area is 160 Å². The Morgan fingerprint density at radius 1 is 1.14 bits per heavy atom. The van der Waals surface area contributed by atoms with E-state index in [1.165, 1.54) is 13.1 Å². The van der Waals surface area contributed by atoms with Crippen molar-refractivity contribution in [2.45, 2.75) is 6.54 Å². The van der Waals surface area contributed by atoms with Crippen molar-refractivity contribution < 1.29 is 23.5 Å². The monoisotopic (exact) mass is 382 g/mol. The molecule has 0 saturated carbocycles. The molecule has 0 aliphatic heterocycles. The van der Waals surface area contributed by atoms with Gasteiger partial charge in [0.2, 0.25) is 5.76 Å². The minimum absolute atomic E-state index is 0.00453. The highest BCUT2D eigenvalue weighted by molar-refractivity contribution is 5.96. The number of rotatable bonds is 7. The highest BCUT2D eigenvalue weighted by atomic mass is 16.5. The zero-order valence-electron chi connectivity index (χ0n) is 15.0. The molecule has 0 fully saturated rings. The van der Waals surface area contributed by atoms with Crippen LogP contribution in [0.3, 0.4) is 0 Å². The average Bonchev–Trinajstić information content (AvgIpc) is 3.38. The summed E-state index contributed by atoms with van der Waals surface area (Å²) in [5, 5.41) is 9.13. The van der Waals surface area contributed by atoms with E-state index in [4.69, 9.17) is 9.15 Å². The van der Waals surface area contributed by atoms with Gasteiger partial charge < -0.3 is 19.8 Å². The predicted octanol–water partition coefficient (Wildman–Crippen LogP) is 1.68. The normalized spacial score (nSPS) is 10.3. The van der Waals surface area contributed by atoms with Gasteiger partial charge in [-0.3, -0.25) is 14.3 Å². The summed E-state index contributed by atoms with van der Waals surface area (Å²) in [6.45, 7) is -0.0853. The van der Waals surface area contributed by atoms with E-state index in [1.807, 2.05) is 0 Å². The molecule has 9 nitrogen and oxygen atoms in total. The van der Waals surface area contributed by atoms with Gasteiger partial charge in [-0.1, -0.05) is 0 Å². The zero-order valence-corrected chi connectivity index (χ0v) is 15.0. The van der Waals surface area contributed by atoms with Crippen LogP contribution in [0.2, 0.25) is 0 Å². The molecule has 0 atom stereocenters. The second-order valence-corrected chi connectivity index (χ2v) is 5.75. The average molecular weight is 382 g/mol. The van der Waals surface area contributed by atoms with E-state index in [1.54, 1.807) is 53.5 Å². The molecule has 2 heterocycles. The molecule has 0 spiro atoms. The minimum Gasteiger partial charge on any atom is -0.452 e. The van der Waals surface area contributed by atoms with E-state index >= 15 is 0 Å². The molecule has 2 amide bonds. The molecule has 0 unspecified atom stereocenters. The van der Waals surface area contributed by atoms with Crippen LogP contribution in [-0.2, 0) is 16.1 Å². The molecule has 3 aromatic rings. The number of hydrogen-bond donors (Lipinski definition) is 2. The third-order valence-corrected chi connectivity index (χ3v) is 3.73. The lowest BCUT2D eigenvalue weighted by atomic mass is 10.2. The van der Waals surface area contributed by atoms with Crippen LogP contribution < -0.4 is 10.6 Å². The first-order valence-corrected chi connectivity index (χ1v) is 8.40. The fourth-order valence-electron chi connectivity index (χ4n) is 2.37. The van der Waals surface area contributed by atoms with Gasteiger partial charge in [-0.15, -0.1) is 0 Å². The quantitative estimate of drug-likeness (QED) is 0.601. The van der Waals surface area contributed by atoms with Gasteiger partial charge in [0.25, 0.3) is 11.8 Å². The minimum atomic E-state index is -0.739. The Balaban J connectivity index is 1.48. The standard InChI is InChI=1S/C19H18N4O5/c1-20-18(25)13-3-5-14(6-4-13)22-17(24)12-27-19(26)16-8-7-15(28-16)11-23-10-2-9-21-23/h2-10H,11-12H2,1H3,(H,20,25)(H,22,24). The number of nitrogens with zero attached hydrogens (tertiary/aromatic N) is 2. The number of esters is 1. The van der Waals surface area contributed by atoms with Crippen molar-refractivity contribution in [2.24, 2.45) is 0 Å². The number of carbonyl (C=O) groups is 3. The Morgan fingerprint density at radius 3 is 2.61 bits per heavy atom.